The zero-order chi connectivity index (χ0) is 8.60. The van der Waals surface area contributed by atoms with Crippen LogP contribution in [-0.4, -0.2) is 4.98 Å². The summed E-state index contributed by atoms with van der Waals surface area (Å²) in [5, 5.41) is 8.79. The minimum atomic E-state index is -0.557. The third-order valence-electron chi connectivity index (χ3n) is 2.25. The van der Waals surface area contributed by atoms with Crippen LogP contribution in [0.15, 0.2) is 18.5 Å². The fourth-order valence-corrected chi connectivity index (χ4v) is 1.30. The molecule has 2 rings (SSSR count). The van der Waals surface area contributed by atoms with Crippen LogP contribution < -0.4 is 0 Å². The van der Waals surface area contributed by atoms with Crippen LogP contribution in [0.4, 0.5) is 4.39 Å². The number of rotatable bonds is 1. The fourth-order valence-electron chi connectivity index (χ4n) is 1.30. The third kappa shape index (κ3) is 0.884. The molecule has 0 N–H and O–H groups in total. The van der Waals surface area contributed by atoms with E-state index in [1.54, 1.807) is 0 Å². The minimum absolute atomic E-state index is 0.316. The molecule has 0 atom stereocenters. The third-order valence-corrected chi connectivity index (χ3v) is 2.25. The van der Waals surface area contributed by atoms with E-state index in [-0.39, 0.29) is 5.82 Å². The average molecular weight is 162 g/mol. The molecule has 1 aliphatic carbocycles. The van der Waals surface area contributed by atoms with Crippen molar-refractivity contribution in [3.63, 3.8) is 0 Å². The predicted octanol–water partition coefficient (Wildman–Crippen LogP) is 1.78. The van der Waals surface area contributed by atoms with Crippen molar-refractivity contribution in [3.8, 4) is 6.07 Å². The smallest absolute Gasteiger partial charge is 0.131 e. The second kappa shape index (κ2) is 2.28. The predicted molar refractivity (Wildman–Crippen MR) is 40.7 cm³/mol. The molecule has 1 aromatic heterocycles. The number of aromatic nitrogens is 1. The van der Waals surface area contributed by atoms with Crippen LogP contribution in [0.2, 0.25) is 0 Å². The molecular weight excluding hydrogens is 155 g/mol. The number of halogens is 1. The fraction of sp³-hybridized carbons (Fsp3) is 0.333. The summed E-state index contributed by atoms with van der Waals surface area (Å²) in [5.41, 5.74) is -0.106. The second-order valence-corrected chi connectivity index (χ2v) is 3.05. The van der Waals surface area contributed by atoms with E-state index in [0.717, 1.165) is 12.8 Å². The van der Waals surface area contributed by atoms with Gasteiger partial charge < -0.3 is 0 Å². The number of nitriles is 1. The summed E-state index contributed by atoms with van der Waals surface area (Å²) in [6, 6.07) is 3.43. The van der Waals surface area contributed by atoms with Crippen molar-refractivity contribution in [2.45, 2.75) is 18.3 Å². The van der Waals surface area contributed by atoms with E-state index in [1.165, 1.54) is 18.5 Å². The van der Waals surface area contributed by atoms with Gasteiger partial charge in [0.2, 0.25) is 0 Å². The van der Waals surface area contributed by atoms with Crippen molar-refractivity contribution in [2.24, 2.45) is 0 Å². The molecule has 0 bridgehead atoms. The van der Waals surface area contributed by atoms with Crippen LogP contribution in [0.5, 0.6) is 0 Å². The van der Waals surface area contributed by atoms with Gasteiger partial charge in [-0.2, -0.15) is 5.26 Å². The van der Waals surface area contributed by atoms with Gasteiger partial charge in [-0.05, 0) is 18.9 Å². The van der Waals surface area contributed by atoms with E-state index in [1.807, 2.05) is 0 Å². The molecule has 0 aliphatic heterocycles. The van der Waals surface area contributed by atoms with Gasteiger partial charge in [0.1, 0.15) is 5.82 Å². The summed E-state index contributed by atoms with van der Waals surface area (Å²) in [7, 11) is 0. The lowest BCUT2D eigenvalue weighted by atomic mass is 9.99. The maximum absolute atomic E-state index is 13.1. The van der Waals surface area contributed by atoms with Crippen molar-refractivity contribution in [3.05, 3.63) is 29.8 Å². The molecule has 1 saturated carbocycles. The van der Waals surface area contributed by atoms with E-state index in [4.69, 9.17) is 5.26 Å². The van der Waals surface area contributed by atoms with E-state index in [9.17, 15) is 4.39 Å². The molecular formula is C9H7FN2. The van der Waals surface area contributed by atoms with Crippen LogP contribution in [0, 0.1) is 17.1 Å². The summed E-state index contributed by atoms with van der Waals surface area (Å²) in [4.78, 5) is 3.81. The van der Waals surface area contributed by atoms with Crippen LogP contribution >= 0.6 is 0 Å². The molecule has 3 heteroatoms. The minimum Gasteiger partial charge on any atom is -0.264 e. The lowest BCUT2D eigenvalue weighted by Crippen LogP contribution is -2.05. The highest BCUT2D eigenvalue weighted by Crippen LogP contribution is 2.47. The summed E-state index contributed by atoms with van der Waals surface area (Å²) in [5.74, 6) is -0.316. The highest BCUT2D eigenvalue weighted by atomic mass is 19.1. The number of pyridine rings is 1. The lowest BCUT2D eigenvalue weighted by molar-refractivity contribution is 0.596. The molecule has 0 radical (unpaired) electrons. The van der Waals surface area contributed by atoms with Gasteiger partial charge in [-0.15, -0.1) is 0 Å². The van der Waals surface area contributed by atoms with Crippen LogP contribution in [0.25, 0.3) is 0 Å². The summed E-state index contributed by atoms with van der Waals surface area (Å²) < 4.78 is 13.1. The Kier molecular flexibility index (Phi) is 1.37. The first-order chi connectivity index (χ1) is 5.78. The largest absolute Gasteiger partial charge is 0.264 e. The van der Waals surface area contributed by atoms with Gasteiger partial charge in [-0.25, -0.2) is 4.39 Å². The molecule has 0 unspecified atom stereocenters. The van der Waals surface area contributed by atoms with Gasteiger partial charge in [0, 0.05) is 18.0 Å². The van der Waals surface area contributed by atoms with Crippen molar-refractivity contribution >= 4 is 0 Å². The Labute approximate surface area is 69.7 Å². The molecule has 0 spiro atoms. The van der Waals surface area contributed by atoms with E-state index in [2.05, 4.69) is 11.1 Å². The van der Waals surface area contributed by atoms with Crippen molar-refractivity contribution < 1.29 is 4.39 Å². The molecule has 0 saturated heterocycles. The highest BCUT2D eigenvalue weighted by molar-refractivity contribution is 5.37. The van der Waals surface area contributed by atoms with Crippen molar-refractivity contribution in [1.29, 1.82) is 5.26 Å². The molecule has 1 aliphatic rings. The maximum Gasteiger partial charge on any atom is 0.131 e. The Morgan fingerprint density at radius 1 is 1.58 bits per heavy atom. The summed E-state index contributed by atoms with van der Waals surface area (Å²) >= 11 is 0. The van der Waals surface area contributed by atoms with Gasteiger partial charge in [0.05, 0.1) is 11.5 Å². The highest BCUT2D eigenvalue weighted by Gasteiger charge is 2.46. The Hall–Kier alpha value is -1.43. The zero-order valence-electron chi connectivity index (χ0n) is 6.42. The normalized spacial score (nSPS) is 18.3. The van der Waals surface area contributed by atoms with Crippen molar-refractivity contribution in [1.82, 2.24) is 4.98 Å². The molecule has 0 aromatic carbocycles. The lowest BCUT2D eigenvalue weighted by Gasteiger charge is -2.04. The number of hydrogen-bond donors (Lipinski definition) is 0. The molecule has 1 aromatic rings. The Morgan fingerprint density at radius 2 is 2.33 bits per heavy atom. The standard InChI is InChI=1S/C9H7FN2/c10-8-1-4-12-5-7(8)9(6-11)2-3-9/h1,4-5H,2-3H2. The van der Waals surface area contributed by atoms with Gasteiger partial charge >= 0.3 is 0 Å². The molecule has 2 nitrogen and oxygen atoms in total. The quantitative estimate of drug-likeness (QED) is 0.631. The van der Waals surface area contributed by atoms with Gasteiger partial charge in [-0.3, -0.25) is 4.98 Å². The van der Waals surface area contributed by atoms with Gasteiger partial charge in [-0.1, -0.05) is 0 Å². The zero-order valence-corrected chi connectivity index (χ0v) is 6.42. The van der Waals surface area contributed by atoms with Crippen LogP contribution in [0.1, 0.15) is 18.4 Å². The monoisotopic (exact) mass is 162 g/mol. The Bertz CT molecular complexity index is 350. The molecule has 0 amide bonds. The first-order valence-electron chi connectivity index (χ1n) is 3.80. The maximum atomic E-state index is 13.1. The average Bonchev–Trinajstić information content (AvgIpc) is 2.86. The summed E-state index contributed by atoms with van der Waals surface area (Å²) in [6.07, 6.45) is 4.36. The molecule has 1 fully saturated rings. The molecule has 60 valence electrons. The summed E-state index contributed by atoms with van der Waals surface area (Å²) in [6.45, 7) is 0. The van der Waals surface area contributed by atoms with E-state index >= 15 is 0 Å². The van der Waals surface area contributed by atoms with Gasteiger partial charge in [0.15, 0.2) is 0 Å². The van der Waals surface area contributed by atoms with Crippen molar-refractivity contribution in [2.75, 3.05) is 0 Å². The van der Waals surface area contributed by atoms with Crippen LogP contribution in [0.3, 0.4) is 0 Å². The first kappa shape index (κ1) is 7.23. The molecule has 12 heavy (non-hydrogen) atoms. The topological polar surface area (TPSA) is 36.7 Å². The van der Waals surface area contributed by atoms with Crippen LogP contribution in [-0.2, 0) is 5.41 Å². The van der Waals surface area contributed by atoms with E-state index in [0.29, 0.717) is 5.56 Å². The Balaban J connectivity index is 2.48. The van der Waals surface area contributed by atoms with Gasteiger partial charge in [0.25, 0.3) is 0 Å². The number of nitrogens with zero attached hydrogens (tertiary/aromatic N) is 2. The molecule has 1 heterocycles. The number of hydrogen-bond acceptors (Lipinski definition) is 2. The SMILES string of the molecule is N#CC1(c2cnccc2F)CC1. The van der Waals surface area contributed by atoms with E-state index < -0.39 is 5.41 Å². The second-order valence-electron chi connectivity index (χ2n) is 3.05. The first-order valence-corrected chi connectivity index (χ1v) is 3.80. The Morgan fingerprint density at radius 3 is 2.83 bits per heavy atom.